The van der Waals surface area contributed by atoms with E-state index in [1.807, 2.05) is 0 Å². The van der Waals surface area contributed by atoms with Crippen LogP contribution in [0.3, 0.4) is 0 Å². The minimum absolute atomic E-state index is 0.0881. The van der Waals surface area contributed by atoms with E-state index in [0.717, 1.165) is 6.07 Å². The van der Waals surface area contributed by atoms with E-state index in [1.165, 1.54) is 12.1 Å². The summed E-state index contributed by atoms with van der Waals surface area (Å²) in [5.74, 6) is -1.17. The number of rotatable bonds is 2. The van der Waals surface area contributed by atoms with Gasteiger partial charge in [-0.25, -0.2) is 8.78 Å². The Hall–Kier alpha value is -1.29. The van der Waals surface area contributed by atoms with Crippen LogP contribution in [0.25, 0.3) is 0 Å². The maximum Gasteiger partial charge on any atom is 0.134 e. The molecule has 0 radical (unpaired) electrons. The molecule has 0 aromatic heterocycles. The third kappa shape index (κ3) is 1.65. The van der Waals surface area contributed by atoms with Gasteiger partial charge in [0, 0.05) is 30.9 Å². The van der Waals surface area contributed by atoms with Gasteiger partial charge in [0.25, 0.3) is 0 Å². The van der Waals surface area contributed by atoms with E-state index in [0.29, 0.717) is 5.56 Å². The summed E-state index contributed by atoms with van der Waals surface area (Å²) < 4.78 is 26.0. The Bertz CT molecular complexity index is 389. The Kier molecular flexibility index (Phi) is 2.31. The highest BCUT2D eigenvalue weighted by Gasteiger charge is 2.44. The number of hydrogen-bond acceptors (Lipinski definition) is 2. The van der Waals surface area contributed by atoms with E-state index in [1.54, 1.807) is 0 Å². The summed E-state index contributed by atoms with van der Waals surface area (Å²) in [5.41, 5.74) is 5.51. The third-order valence-electron chi connectivity index (χ3n) is 2.94. The van der Waals surface area contributed by atoms with Crippen LogP contribution in [0, 0.1) is 11.6 Å². The van der Waals surface area contributed by atoms with Crippen LogP contribution in [0.5, 0.6) is 0 Å². The van der Waals surface area contributed by atoms with Gasteiger partial charge in [0.2, 0.25) is 0 Å². The Balaban J connectivity index is 2.39. The molecule has 1 fully saturated rings. The zero-order chi connectivity index (χ0) is 11.1. The Labute approximate surface area is 86.1 Å². The molecule has 1 aliphatic carbocycles. The third-order valence-corrected chi connectivity index (χ3v) is 2.94. The van der Waals surface area contributed by atoms with Crippen LogP contribution in [-0.2, 0) is 10.2 Å². The van der Waals surface area contributed by atoms with Crippen molar-refractivity contribution in [2.75, 3.05) is 6.54 Å². The molecule has 0 unspecified atom stereocenters. The average molecular weight is 211 g/mol. The second kappa shape index (κ2) is 3.38. The lowest BCUT2D eigenvalue weighted by Crippen LogP contribution is -2.47. The molecular formula is C11H11F2NO. The van der Waals surface area contributed by atoms with Crippen molar-refractivity contribution < 1.29 is 13.6 Å². The molecule has 0 atom stereocenters. The summed E-state index contributed by atoms with van der Waals surface area (Å²) in [4.78, 5) is 11.0. The van der Waals surface area contributed by atoms with Crippen LogP contribution in [0.15, 0.2) is 18.2 Å². The van der Waals surface area contributed by atoms with Crippen molar-refractivity contribution in [2.24, 2.45) is 5.73 Å². The van der Waals surface area contributed by atoms with Gasteiger partial charge in [0.15, 0.2) is 0 Å². The number of carbonyl (C=O) groups is 1. The summed E-state index contributed by atoms with van der Waals surface area (Å²) in [6.07, 6.45) is 0.568. The SMILES string of the molecule is NCC1(c2cc(F)cc(F)c2)CC(=O)C1. The standard InChI is InChI=1S/C11H11F2NO/c12-8-1-7(2-9(13)3-8)11(6-14)4-10(15)5-11/h1-3H,4-6,14H2. The molecule has 2 nitrogen and oxygen atoms in total. The van der Waals surface area contributed by atoms with Gasteiger partial charge < -0.3 is 5.73 Å². The van der Waals surface area contributed by atoms with Crippen LogP contribution in [0.1, 0.15) is 18.4 Å². The lowest BCUT2D eigenvalue weighted by Gasteiger charge is -2.39. The highest BCUT2D eigenvalue weighted by molar-refractivity contribution is 5.88. The van der Waals surface area contributed by atoms with E-state index in [2.05, 4.69) is 0 Å². The average Bonchev–Trinajstić information content (AvgIpc) is 2.10. The van der Waals surface area contributed by atoms with E-state index in [9.17, 15) is 13.6 Å². The van der Waals surface area contributed by atoms with Gasteiger partial charge in [-0.15, -0.1) is 0 Å². The highest BCUT2D eigenvalue weighted by atomic mass is 19.1. The maximum atomic E-state index is 13.0. The highest BCUT2D eigenvalue weighted by Crippen LogP contribution is 2.40. The zero-order valence-corrected chi connectivity index (χ0v) is 8.09. The van der Waals surface area contributed by atoms with Crippen LogP contribution in [0.4, 0.5) is 8.78 Å². The summed E-state index contributed by atoms with van der Waals surface area (Å²) in [6, 6.07) is 3.32. The number of benzene rings is 1. The van der Waals surface area contributed by atoms with E-state index < -0.39 is 17.0 Å². The van der Waals surface area contributed by atoms with Crippen molar-refractivity contribution in [3.05, 3.63) is 35.4 Å². The minimum Gasteiger partial charge on any atom is -0.330 e. The van der Waals surface area contributed by atoms with Crippen molar-refractivity contribution in [1.82, 2.24) is 0 Å². The first-order valence-corrected chi connectivity index (χ1v) is 4.74. The second-order valence-corrected chi connectivity index (χ2v) is 4.03. The summed E-state index contributed by atoms with van der Waals surface area (Å²) in [5, 5.41) is 0. The largest absolute Gasteiger partial charge is 0.330 e. The van der Waals surface area contributed by atoms with Gasteiger partial charge in [-0.2, -0.15) is 0 Å². The summed E-state index contributed by atoms with van der Waals surface area (Å²) in [6.45, 7) is 0.238. The molecule has 0 spiro atoms. The topological polar surface area (TPSA) is 43.1 Å². The Morgan fingerprint density at radius 1 is 1.20 bits per heavy atom. The fraction of sp³-hybridized carbons (Fsp3) is 0.364. The quantitative estimate of drug-likeness (QED) is 0.806. The predicted octanol–water partition coefficient (Wildman–Crippen LogP) is 1.52. The van der Waals surface area contributed by atoms with Crippen molar-refractivity contribution in [3.63, 3.8) is 0 Å². The molecule has 4 heteroatoms. The van der Waals surface area contributed by atoms with Gasteiger partial charge in [0.05, 0.1) is 0 Å². The number of nitrogens with two attached hydrogens (primary N) is 1. The minimum atomic E-state index is -0.628. The molecule has 0 amide bonds. The molecule has 1 aromatic carbocycles. The summed E-state index contributed by atoms with van der Waals surface area (Å²) >= 11 is 0. The molecule has 0 bridgehead atoms. The van der Waals surface area contributed by atoms with E-state index in [-0.39, 0.29) is 25.2 Å². The van der Waals surface area contributed by atoms with Gasteiger partial charge in [-0.1, -0.05) is 0 Å². The molecule has 2 rings (SSSR count). The molecule has 80 valence electrons. The smallest absolute Gasteiger partial charge is 0.134 e. The number of carbonyl (C=O) groups excluding carboxylic acids is 1. The van der Waals surface area contributed by atoms with Gasteiger partial charge in [0.1, 0.15) is 17.4 Å². The monoisotopic (exact) mass is 211 g/mol. The normalized spacial score (nSPS) is 18.7. The lowest BCUT2D eigenvalue weighted by atomic mass is 9.63. The molecule has 0 aliphatic heterocycles. The first kappa shape index (κ1) is 10.2. The van der Waals surface area contributed by atoms with Crippen molar-refractivity contribution >= 4 is 5.78 Å². The number of hydrogen-bond donors (Lipinski definition) is 1. The molecule has 1 saturated carbocycles. The van der Waals surface area contributed by atoms with Gasteiger partial charge in [-0.3, -0.25) is 4.79 Å². The summed E-state index contributed by atoms with van der Waals surface area (Å²) in [7, 11) is 0. The molecular weight excluding hydrogens is 200 g/mol. The van der Waals surface area contributed by atoms with Crippen LogP contribution in [-0.4, -0.2) is 12.3 Å². The zero-order valence-electron chi connectivity index (χ0n) is 8.09. The Morgan fingerprint density at radius 3 is 2.13 bits per heavy atom. The second-order valence-electron chi connectivity index (χ2n) is 4.03. The molecule has 15 heavy (non-hydrogen) atoms. The fourth-order valence-corrected chi connectivity index (χ4v) is 2.03. The first-order chi connectivity index (χ1) is 7.05. The molecule has 0 heterocycles. The van der Waals surface area contributed by atoms with Crippen LogP contribution in [0.2, 0.25) is 0 Å². The van der Waals surface area contributed by atoms with E-state index in [4.69, 9.17) is 5.73 Å². The Morgan fingerprint density at radius 2 is 1.73 bits per heavy atom. The number of halogens is 2. The van der Waals surface area contributed by atoms with Crippen LogP contribution < -0.4 is 5.73 Å². The van der Waals surface area contributed by atoms with Crippen molar-refractivity contribution in [3.8, 4) is 0 Å². The molecule has 1 aliphatic rings. The lowest BCUT2D eigenvalue weighted by molar-refractivity contribution is -0.128. The van der Waals surface area contributed by atoms with E-state index >= 15 is 0 Å². The molecule has 2 N–H and O–H groups in total. The fourth-order valence-electron chi connectivity index (χ4n) is 2.03. The van der Waals surface area contributed by atoms with Gasteiger partial charge >= 0.3 is 0 Å². The number of Topliss-reactive ketones (excluding diaryl/α,β-unsaturated/α-hetero) is 1. The molecule has 1 aromatic rings. The number of ketones is 1. The van der Waals surface area contributed by atoms with Gasteiger partial charge in [-0.05, 0) is 17.7 Å². The van der Waals surface area contributed by atoms with Crippen LogP contribution >= 0.6 is 0 Å². The van der Waals surface area contributed by atoms with Crippen molar-refractivity contribution in [2.45, 2.75) is 18.3 Å². The van der Waals surface area contributed by atoms with Crippen molar-refractivity contribution in [1.29, 1.82) is 0 Å². The molecule has 0 saturated heterocycles. The first-order valence-electron chi connectivity index (χ1n) is 4.74. The maximum absolute atomic E-state index is 13.0. The predicted molar refractivity (Wildman–Crippen MR) is 51.3 cm³/mol.